The minimum absolute atomic E-state index is 0.000377. The standard InChI is InChI=1S/C16H18F3NO3/c1-10-3-2-4-12(7-10)22-13-8-11-5-6-15(9-13,20-11)23-14(21)16(17,18)19/h2-4,7,11,13,20H,5-6,8-9H2,1H3/t11-,13+,15+/m0/s1. The number of esters is 1. The average Bonchev–Trinajstić information content (AvgIpc) is 2.73. The molecular formula is C16H18F3NO3. The highest BCUT2D eigenvalue weighted by Crippen LogP contribution is 2.39. The Morgan fingerprint density at radius 2 is 2.17 bits per heavy atom. The monoisotopic (exact) mass is 329 g/mol. The molecule has 0 unspecified atom stereocenters. The number of rotatable bonds is 3. The Hall–Kier alpha value is -1.76. The van der Waals surface area contributed by atoms with Gasteiger partial charge in [0.05, 0.1) is 0 Å². The van der Waals surface area contributed by atoms with Crippen molar-refractivity contribution in [3.05, 3.63) is 29.8 Å². The number of benzene rings is 1. The molecule has 1 aromatic rings. The zero-order valence-electron chi connectivity index (χ0n) is 12.7. The number of piperidine rings is 1. The number of ether oxygens (including phenoxy) is 2. The van der Waals surface area contributed by atoms with Crippen molar-refractivity contribution in [2.75, 3.05) is 0 Å². The number of carbonyl (C=O) groups excluding carboxylic acids is 1. The molecule has 2 aliphatic heterocycles. The summed E-state index contributed by atoms with van der Waals surface area (Å²) in [5.74, 6) is -1.48. The van der Waals surface area contributed by atoms with Gasteiger partial charge in [-0.15, -0.1) is 0 Å². The molecule has 2 fully saturated rings. The van der Waals surface area contributed by atoms with E-state index in [9.17, 15) is 18.0 Å². The summed E-state index contributed by atoms with van der Waals surface area (Å²) in [6.45, 7) is 1.94. The maximum Gasteiger partial charge on any atom is 0.490 e. The first-order valence-electron chi connectivity index (χ1n) is 7.57. The first-order valence-corrected chi connectivity index (χ1v) is 7.57. The van der Waals surface area contributed by atoms with Gasteiger partial charge in [-0.3, -0.25) is 5.32 Å². The maximum atomic E-state index is 12.5. The van der Waals surface area contributed by atoms with E-state index in [-0.39, 0.29) is 18.6 Å². The molecule has 2 saturated heterocycles. The van der Waals surface area contributed by atoms with E-state index < -0.39 is 17.9 Å². The number of alkyl halides is 3. The van der Waals surface area contributed by atoms with E-state index in [4.69, 9.17) is 9.47 Å². The molecule has 0 spiro atoms. The van der Waals surface area contributed by atoms with E-state index in [2.05, 4.69) is 5.32 Å². The Bertz CT molecular complexity index is 604. The Balaban J connectivity index is 1.70. The molecule has 1 aromatic carbocycles. The van der Waals surface area contributed by atoms with Crippen molar-refractivity contribution in [1.82, 2.24) is 5.32 Å². The Morgan fingerprint density at radius 1 is 1.39 bits per heavy atom. The van der Waals surface area contributed by atoms with Crippen LogP contribution in [0.1, 0.15) is 31.2 Å². The maximum absolute atomic E-state index is 12.5. The summed E-state index contributed by atoms with van der Waals surface area (Å²) in [6.07, 6.45) is -3.35. The molecule has 2 heterocycles. The number of aryl methyl sites for hydroxylation is 1. The van der Waals surface area contributed by atoms with Gasteiger partial charge in [0.1, 0.15) is 11.9 Å². The summed E-state index contributed by atoms with van der Waals surface area (Å²) < 4.78 is 48.1. The minimum Gasteiger partial charge on any atom is -0.490 e. The lowest BCUT2D eigenvalue weighted by Gasteiger charge is -2.38. The van der Waals surface area contributed by atoms with Crippen LogP contribution in [-0.4, -0.2) is 30.0 Å². The van der Waals surface area contributed by atoms with Gasteiger partial charge in [0.15, 0.2) is 5.72 Å². The van der Waals surface area contributed by atoms with Gasteiger partial charge in [-0.05, 0) is 37.5 Å². The average molecular weight is 329 g/mol. The molecule has 0 radical (unpaired) electrons. The highest BCUT2D eigenvalue weighted by Gasteiger charge is 2.53. The van der Waals surface area contributed by atoms with E-state index in [1.54, 1.807) is 0 Å². The Kier molecular flexibility index (Phi) is 4.00. The van der Waals surface area contributed by atoms with Crippen LogP contribution in [0.2, 0.25) is 0 Å². The van der Waals surface area contributed by atoms with Crippen molar-refractivity contribution in [2.45, 2.75) is 56.7 Å². The first kappa shape index (κ1) is 16.1. The van der Waals surface area contributed by atoms with Gasteiger partial charge in [0, 0.05) is 18.9 Å². The zero-order chi connectivity index (χ0) is 16.7. The lowest BCUT2D eigenvalue weighted by Crippen LogP contribution is -2.56. The molecule has 126 valence electrons. The lowest BCUT2D eigenvalue weighted by atomic mass is 9.99. The molecule has 1 N–H and O–H groups in total. The second-order valence-corrected chi connectivity index (χ2v) is 6.26. The minimum atomic E-state index is -4.99. The predicted molar refractivity (Wildman–Crippen MR) is 75.9 cm³/mol. The van der Waals surface area contributed by atoms with Crippen molar-refractivity contribution in [3.63, 3.8) is 0 Å². The van der Waals surface area contributed by atoms with Crippen LogP contribution < -0.4 is 10.1 Å². The molecule has 2 aliphatic rings. The molecule has 7 heteroatoms. The van der Waals surface area contributed by atoms with Gasteiger partial charge >= 0.3 is 12.1 Å². The molecule has 23 heavy (non-hydrogen) atoms. The molecule has 0 saturated carbocycles. The summed E-state index contributed by atoms with van der Waals surface area (Å²) in [4.78, 5) is 11.2. The molecule has 3 rings (SSSR count). The summed E-state index contributed by atoms with van der Waals surface area (Å²) >= 11 is 0. The van der Waals surface area contributed by atoms with Gasteiger partial charge in [0.2, 0.25) is 0 Å². The van der Waals surface area contributed by atoms with Gasteiger partial charge in [-0.1, -0.05) is 12.1 Å². The Labute approximate surface area is 132 Å². The van der Waals surface area contributed by atoms with Gasteiger partial charge in [-0.25, -0.2) is 4.79 Å². The SMILES string of the molecule is Cc1cccc(O[C@@H]2C[C@@H]3CC[C@@](OC(=O)C(F)(F)F)(C2)N3)c1. The number of hydrogen-bond donors (Lipinski definition) is 1. The van der Waals surface area contributed by atoms with E-state index in [1.807, 2.05) is 31.2 Å². The fraction of sp³-hybridized carbons (Fsp3) is 0.562. The van der Waals surface area contributed by atoms with Crippen LogP contribution in [-0.2, 0) is 9.53 Å². The fourth-order valence-corrected chi connectivity index (χ4v) is 3.36. The first-order chi connectivity index (χ1) is 10.8. The number of carbonyl (C=O) groups is 1. The summed E-state index contributed by atoms with van der Waals surface area (Å²) in [5.41, 5.74) is -0.234. The molecule has 4 nitrogen and oxygen atoms in total. The fourth-order valence-electron chi connectivity index (χ4n) is 3.36. The van der Waals surface area contributed by atoms with E-state index in [0.717, 1.165) is 5.56 Å². The molecular weight excluding hydrogens is 311 g/mol. The predicted octanol–water partition coefficient (Wildman–Crippen LogP) is 3.09. The molecule has 0 amide bonds. The normalized spacial score (nSPS) is 30.1. The van der Waals surface area contributed by atoms with E-state index >= 15 is 0 Å². The lowest BCUT2D eigenvalue weighted by molar-refractivity contribution is -0.219. The van der Waals surface area contributed by atoms with Crippen LogP contribution in [0.3, 0.4) is 0 Å². The smallest absolute Gasteiger partial charge is 0.490 e. The van der Waals surface area contributed by atoms with Crippen molar-refractivity contribution >= 4 is 5.97 Å². The second kappa shape index (κ2) is 5.70. The van der Waals surface area contributed by atoms with Crippen LogP contribution in [0.5, 0.6) is 5.75 Å². The van der Waals surface area contributed by atoms with Crippen LogP contribution in [0.25, 0.3) is 0 Å². The largest absolute Gasteiger partial charge is 0.490 e. The van der Waals surface area contributed by atoms with Crippen molar-refractivity contribution in [3.8, 4) is 5.75 Å². The summed E-state index contributed by atoms with van der Waals surface area (Å²) in [6, 6.07) is 7.48. The third-order valence-electron chi connectivity index (χ3n) is 4.28. The van der Waals surface area contributed by atoms with Gasteiger partial charge < -0.3 is 9.47 Å². The van der Waals surface area contributed by atoms with E-state index in [1.165, 1.54) is 0 Å². The summed E-state index contributed by atoms with van der Waals surface area (Å²) in [7, 11) is 0. The van der Waals surface area contributed by atoms with Crippen molar-refractivity contribution in [1.29, 1.82) is 0 Å². The highest BCUT2D eigenvalue weighted by molar-refractivity contribution is 5.76. The van der Waals surface area contributed by atoms with Crippen LogP contribution in [0.15, 0.2) is 24.3 Å². The third kappa shape index (κ3) is 3.60. The summed E-state index contributed by atoms with van der Waals surface area (Å²) in [5, 5.41) is 3.01. The van der Waals surface area contributed by atoms with E-state index in [0.29, 0.717) is 25.0 Å². The third-order valence-corrected chi connectivity index (χ3v) is 4.28. The van der Waals surface area contributed by atoms with Crippen molar-refractivity contribution in [2.24, 2.45) is 0 Å². The number of fused-ring (bicyclic) bond motifs is 2. The molecule has 3 atom stereocenters. The van der Waals surface area contributed by atoms with Gasteiger partial charge in [-0.2, -0.15) is 13.2 Å². The number of halogens is 3. The molecule has 2 bridgehead atoms. The second-order valence-electron chi connectivity index (χ2n) is 6.26. The molecule has 0 aliphatic carbocycles. The number of nitrogens with one attached hydrogen (secondary N) is 1. The topological polar surface area (TPSA) is 47.6 Å². The quantitative estimate of drug-likeness (QED) is 0.866. The van der Waals surface area contributed by atoms with Crippen LogP contribution >= 0.6 is 0 Å². The highest BCUT2D eigenvalue weighted by atomic mass is 19.4. The van der Waals surface area contributed by atoms with Gasteiger partial charge in [0.25, 0.3) is 0 Å². The Morgan fingerprint density at radius 3 is 2.87 bits per heavy atom. The zero-order valence-corrected chi connectivity index (χ0v) is 12.7. The number of hydrogen-bond acceptors (Lipinski definition) is 4. The van der Waals surface area contributed by atoms with Crippen LogP contribution in [0, 0.1) is 6.92 Å². The molecule has 0 aromatic heterocycles. The van der Waals surface area contributed by atoms with Crippen molar-refractivity contribution < 1.29 is 27.4 Å². The van der Waals surface area contributed by atoms with Crippen LogP contribution in [0.4, 0.5) is 13.2 Å².